The van der Waals surface area contributed by atoms with Gasteiger partial charge in [-0.1, -0.05) is 31.2 Å². The molecule has 1 N–H and O–H groups in total. The molecule has 2 atom stereocenters. The number of nitrogens with one attached hydrogen (secondary N) is 1. The van der Waals surface area contributed by atoms with Crippen LogP contribution in [0.3, 0.4) is 0 Å². The molecule has 8 nitrogen and oxygen atoms in total. The Morgan fingerprint density at radius 3 is 2.29 bits per heavy atom. The van der Waals surface area contributed by atoms with Crippen molar-refractivity contribution in [3.05, 3.63) is 35.4 Å². The van der Waals surface area contributed by atoms with Crippen molar-refractivity contribution in [3.8, 4) is 0 Å². The van der Waals surface area contributed by atoms with Crippen LogP contribution in [-0.2, 0) is 32.1 Å². The van der Waals surface area contributed by atoms with Gasteiger partial charge in [-0.15, -0.1) is 0 Å². The van der Waals surface area contributed by atoms with Gasteiger partial charge in [0.1, 0.15) is 6.04 Å². The quantitative estimate of drug-likeness (QED) is 0.640. The number of ether oxygens (including phenoxy) is 1. The molecule has 0 radical (unpaired) electrons. The van der Waals surface area contributed by atoms with E-state index in [2.05, 4.69) is 15.1 Å². The highest BCUT2D eigenvalue weighted by Gasteiger charge is 2.36. The van der Waals surface area contributed by atoms with Gasteiger partial charge in [-0.3, -0.25) is 19.4 Å². The first-order valence-corrected chi connectivity index (χ1v) is 11.1. The highest BCUT2D eigenvalue weighted by atomic mass is 16.5. The summed E-state index contributed by atoms with van der Waals surface area (Å²) >= 11 is 0. The predicted octanol–water partition coefficient (Wildman–Crippen LogP) is 0.645. The van der Waals surface area contributed by atoms with E-state index in [9.17, 15) is 14.4 Å². The number of esters is 1. The lowest BCUT2D eigenvalue weighted by Gasteiger charge is -2.38. The monoisotopic (exact) mass is 430 g/mol. The van der Waals surface area contributed by atoms with E-state index in [1.807, 2.05) is 38.1 Å². The fourth-order valence-corrected chi connectivity index (χ4v) is 4.14. The minimum absolute atomic E-state index is 0.0479. The van der Waals surface area contributed by atoms with Crippen molar-refractivity contribution in [2.24, 2.45) is 0 Å². The van der Waals surface area contributed by atoms with Gasteiger partial charge >= 0.3 is 5.97 Å². The van der Waals surface area contributed by atoms with Gasteiger partial charge in [-0.05, 0) is 24.5 Å². The molecule has 0 spiro atoms. The molecule has 0 bridgehead atoms. The maximum Gasteiger partial charge on any atom is 0.328 e. The summed E-state index contributed by atoms with van der Waals surface area (Å²) in [6.07, 6.45) is 1.39. The Balaban J connectivity index is 1.54. The van der Waals surface area contributed by atoms with E-state index >= 15 is 0 Å². The molecule has 0 aliphatic carbocycles. The third-order valence-electron chi connectivity index (χ3n) is 6.25. The number of nitrogens with zero attached hydrogens (tertiary/aromatic N) is 3. The van der Waals surface area contributed by atoms with Crippen LogP contribution in [0.2, 0.25) is 0 Å². The van der Waals surface area contributed by atoms with E-state index < -0.39 is 6.04 Å². The van der Waals surface area contributed by atoms with Crippen molar-refractivity contribution >= 4 is 17.8 Å². The number of benzene rings is 1. The molecule has 170 valence electrons. The lowest BCUT2D eigenvalue weighted by Crippen LogP contribution is -2.55. The minimum atomic E-state index is -0.585. The average molecular weight is 431 g/mol. The molecular formula is C23H34N4O4. The summed E-state index contributed by atoms with van der Waals surface area (Å²) in [5.74, 6) is -0.389. The van der Waals surface area contributed by atoms with Crippen molar-refractivity contribution in [2.45, 2.75) is 45.3 Å². The lowest BCUT2D eigenvalue weighted by atomic mass is 9.94. The van der Waals surface area contributed by atoms with Crippen LogP contribution in [0.15, 0.2) is 24.3 Å². The van der Waals surface area contributed by atoms with Crippen LogP contribution < -0.4 is 5.32 Å². The smallest absolute Gasteiger partial charge is 0.328 e. The second-order valence-corrected chi connectivity index (χ2v) is 8.46. The van der Waals surface area contributed by atoms with Crippen LogP contribution >= 0.6 is 0 Å². The van der Waals surface area contributed by atoms with E-state index in [1.54, 1.807) is 4.90 Å². The number of hydrogen-bond acceptors (Lipinski definition) is 6. The van der Waals surface area contributed by atoms with E-state index in [4.69, 9.17) is 4.74 Å². The number of carbonyl (C=O) groups is 3. The van der Waals surface area contributed by atoms with Crippen molar-refractivity contribution in [1.29, 1.82) is 0 Å². The van der Waals surface area contributed by atoms with Crippen LogP contribution in [0.4, 0.5) is 0 Å². The van der Waals surface area contributed by atoms with Gasteiger partial charge in [0.15, 0.2) is 0 Å². The summed E-state index contributed by atoms with van der Waals surface area (Å²) in [5.41, 5.74) is 2.17. The number of methoxy groups -OCH3 is 1. The molecule has 1 saturated heterocycles. The molecule has 2 heterocycles. The number of rotatable bonds is 7. The summed E-state index contributed by atoms with van der Waals surface area (Å²) < 4.78 is 4.97. The van der Waals surface area contributed by atoms with E-state index in [0.717, 1.165) is 43.7 Å². The van der Waals surface area contributed by atoms with Crippen LogP contribution in [0, 0.1) is 0 Å². The number of hydrogen-bond donors (Lipinski definition) is 1. The summed E-state index contributed by atoms with van der Waals surface area (Å²) in [6, 6.07) is 7.52. The number of piperazine rings is 1. The van der Waals surface area contributed by atoms with E-state index in [-0.39, 0.29) is 30.4 Å². The highest BCUT2D eigenvalue weighted by Crippen LogP contribution is 2.24. The standard InChI is InChI=1S/C23H34N4O4/c1-4-17(2)24-21(28)15-25-9-11-26(12-10-25)16-22(29)27-14-19-8-6-5-7-18(19)13-20(27)23(30)31-3/h5-8,17,20H,4,9-16H2,1-3H3,(H,24,28)/t17-,20+/m1/s1. The Bertz CT molecular complexity index is 792. The van der Waals surface area contributed by atoms with Crippen molar-refractivity contribution in [1.82, 2.24) is 20.0 Å². The molecule has 31 heavy (non-hydrogen) atoms. The van der Waals surface area contributed by atoms with Gasteiger partial charge in [0, 0.05) is 45.2 Å². The number of carbonyl (C=O) groups excluding carboxylic acids is 3. The molecular weight excluding hydrogens is 396 g/mol. The molecule has 1 aromatic carbocycles. The summed E-state index contributed by atoms with van der Waals surface area (Å²) in [7, 11) is 1.36. The third kappa shape index (κ3) is 6.04. The lowest BCUT2D eigenvalue weighted by molar-refractivity contribution is -0.154. The summed E-state index contributed by atoms with van der Waals surface area (Å²) in [6.45, 7) is 8.04. The molecule has 2 aliphatic heterocycles. The van der Waals surface area contributed by atoms with Crippen molar-refractivity contribution in [3.63, 3.8) is 0 Å². The molecule has 2 amide bonds. The largest absolute Gasteiger partial charge is 0.467 e. The first kappa shape index (κ1) is 23.2. The second kappa shape index (κ2) is 10.7. The van der Waals surface area contributed by atoms with Gasteiger partial charge in [0.25, 0.3) is 0 Å². The third-order valence-corrected chi connectivity index (χ3v) is 6.25. The second-order valence-electron chi connectivity index (χ2n) is 8.46. The SMILES string of the molecule is CC[C@@H](C)NC(=O)CN1CCN(CC(=O)N2Cc3ccccc3C[C@H]2C(=O)OC)CC1. The maximum atomic E-state index is 13.1. The van der Waals surface area contributed by atoms with Crippen molar-refractivity contribution < 1.29 is 19.1 Å². The maximum absolute atomic E-state index is 13.1. The zero-order valence-electron chi connectivity index (χ0n) is 18.8. The van der Waals surface area contributed by atoms with Crippen LogP contribution in [0.25, 0.3) is 0 Å². The van der Waals surface area contributed by atoms with Gasteiger partial charge < -0.3 is 15.0 Å². The average Bonchev–Trinajstić information content (AvgIpc) is 2.78. The molecule has 1 aromatic rings. The van der Waals surface area contributed by atoms with Crippen LogP contribution in [0.1, 0.15) is 31.4 Å². The van der Waals surface area contributed by atoms with Gasteiger partial charge in [-0.25, -0.2) is 4.79 Å². The topological polar surface area (TPSA) is 82.2 Å². The molecule has 2 aliphatic rings. The number of amides is 2. The Morgan fingerprint density at radius 2 is 1.68 bits per heavy atom. The summed E-state index contributed by atoms with van der Waals surface area (Å²) in [4.78, 5) is 43.4. The Labute approximate surface area is 184 Å². The Kier molecular flexibility index (Phi) is 8.03. The molecule has 8 heteroatoms. The zero-order chi connectivity index (χ0) is 22.4. The predicted molar refractivity (Wildman–Crippen MR) is 117 cm³/mol. The normalized spacial score (nSPS) is 20.6. The van der Waals surface area contributed by atoms with E-state index in [0.29, 0.717) is 19.5 Å². The number of fused-ring (bicyclic) bond motifs is 1. The fourth-order valence-electron chi connectivity index (χ4n) is 4.14. The van der Waals surface area contributed by atoms with Crippen molar-refractivity contribution in [2.75, 3.05) is 46.4 Å². The highest BCUT2D eigenvalue weighted by molar-refractivity contribution is 5.86. The molecule has 0 saturated carbocycles. The minimum Gasteiger partial charge on any atom is -0.467 e. The van der Waals surface area contributed by atoms with E-state index in [1.165, 1.54) is 7.11 Å². The first-order valence-electron chi connectivity index (χ1n) is 11.1. The van der Waals surface area contributed by atoms with Gasteiger partial charge in [-0.2, -0.15) is 0 Å². The van der Waals surface area contributed by atoms with Crippen LogP contribution in [0.5, 0.6) is 0 Å². The van der Waals surface area contributed by atoms with Gasteiger partial charge in [0.05, 0.1) is 20.2 Å². The van der Waals surface area contributed by atoms with Crippen LogP contribution in [-0.4, -0.2) is 90.9 Å². The summed E-state index contributed by atoms with van der Waals surface area (Å²) in [5, 5.41) is 2.99. The molecule has 1 fully saturated rings. The fraction of sp³-hybridized carbons (Fsp3) is 0.609. The van der Waals surface area contributed by atoms with Gasteiger partial charge in [0.2, 0.25) is 11.8 Å². The molecule has 0 aromatic heterocycles. The Hall–Kier alpha value is -2.45. The first-order chi connectivity index (χ1) is 14.9. The molecule has 3 rings (SSSR count). The Morgan fingerprint density at radius 1 is 1.06 bits per heavy atom. The molecule has 0 unspecified atom stereocenters. The zero-order valence-corrected chi connectivity index (χ0v) is 18.8.